The lowest BCUT2D eigenvalue weighted by Gasteiger charge is -1.92. The highest BCUT2D eigenvalue weighted by Gasteiger charge is 2.04. The topological polar surface area (TPSA) is 63.0 Å². The minimum Gasteiger partial charge on any atom is -0.467 e. The van der Waals surface area contributed by atoms with Gasteiger partial charge in [0, 0.05) is 0 Å². The summed E-state index contributed by atoms with van der Waals surface area (Å²) < 4.78 is 4.84. The second-order valence-corrected chi connectivity index (χ2v) is 1.62. The van der Waals surface area contributed by atoms with Gasteiger partial charge >= 0.3 is 0 Å². The lowest BCUT2D eigenvalue weighted by molar-refractivity contribution is 0.497. The number of halogens is 1. The van der Waals surface area contributed by atoms with Crippen molar-refractivity contribution < 1.29 is 4.42 Å². The third-order valence-corrected chi connectivity index (χ3v) is 0.989. The smallest absolute Gasteiger partial charge is 0.151 e. The fourth-order valence-electron chi connectivity index (χ4n) is 0.532. The van der Waals surface area contributed by atoms with E-state index in [1.54, 1.807) is 12.1 Å². The zero-order valence-electron chi connectivity index (χ0n) is 5.15. The third kappa shape index (κ3) is 1.76. The van der Waals surface area contributed by atoms with Gasteiger partial charge in [0.05, 0.1) is 12.3 Å². The molecule has 3 nitrogen and oxygen atoms in total. The molecule has 0 fully saturated rings. The molecular weight excluding hydrogens is 152 g/mol. The quantitative estimate of drug-likeness (QED) is 0.669. The molecule has 0 bridgehead atoms. The Morgan fingerprint density at radius 3 is 2.80 bits per heavy atom. The van der Waals surface area contributed by atoms with E-state index in [-0.39, 0.29) is 12.4 Å². The highest BCUT2D eigenvalue weighted by atomic mass is 35.5. The maximum absolute atomic E-state index is 8.27. The third-order valence-electron chi connectivity index (χ3n) is 0.989. The van der Waals surface area contributed by atoms with E-state index in [1.807, 2.05) is 6.07 Å². The SMILES string of the molecule is Cl.N#CC(N)c1ccco1. The minimum absolute atomic E-state index is 0. The van der Waals surface area contributed by atoms with Gasteiger partial charge in [0.2, 0.25) is 0 Å². The van der Waals surface area contributed by atoms with Crippen molar-refractivity contribution in [3.63, 3.8) is 0 Å². The standard InChI is InChI=1S/C6H6N2O.ClH/c7-4-5(8)6-2-1-3-9-6;/h1-3,5H,8H2;1H. The maximum atomic E-state index is 8.27. The molecule has 1 aromatic heterocycles. The highest BCUT2D eigenvalue weighted by Crippen LogP contribution is 2.07. The molecular formula is C6H7ClN2O. The van der Waals surface area contributed by atoms with E-state index in [1.165, 1.54) is 6.26 Å². The van der Waals surface area contributed by atoms with Gasteiger partial charge in [-0.1, -0.05) is 0 Å². The summed E-state index contributed by atoms with van der Waals surface area (Å²) in [5, 5.41) is 8.27. The minimum atomic E-state index is -0.625. The van der Waals surface area contributed by atoms with Crippen LogP contribution in [0.5, 0.6) is 0 Å². The molecule has 4 heteroatoms. The van der Waals surface area contributed by atoms with Gasteiger partial charge in [0.15, 0.2) is 6.04 Å². The molecule has 0 aliphatic heterocycles. The number of hydrogen-bond acceptors (Lipinski definition) is 3. The summed E-state index contributed by atoms with van der Waals surface area (Å²) in [6.45, 7) is 0. The Kier molecular flexibility index (Phi) is 3.55. The van der Waals surface area contributed by atoms with E-state index in [2.05, 4.69) is 0 Å². The van der Waals surface area contributed by atoms with Gasteiger partial charge < -0.3 is 10.2 Å². The van der Waals surface area contributed by atoms with Crippen LogP contribution in [0.25, 0.3) is 0 Å². The van der Waals surface area contributed by atoms with E-state index in [0.717, 1.165) is 0 Å². The van der Waals surface area contributed by atoms with Crippen LogP contribution < -0.4 is 5.73 Å². The number of nitrogens with zero attached hydrogens (tertiary/aromatic N) is 1. The fourth-order valence-corrected chi connectivity index (χ4v) is 0.532. The van der Waals surface area contributed by atoms with E-state index < -0.39 is 6.04 Å². The Hall–Kier alpha value is -0.980. The monoisotopic (exact) mass is 158 g/mol. The van der Waals surface area contributed by atoms with Gasteiger partial charge in [-0.3, -0.25) is 0 Å². The molecule has 0 aliphatic carbocycles. The predicted molar refractivity (Wildman–Crippen MR) is 38.5 cm³/mol. The van der Waals surface area contributed by atoms with E-state index in [4.69, 9.17) is 15.4 Å². The number of hydrogen-bond donors (Lipinski definition) is 1. The van der Waals surface area contributed by atoms with Crippen LogP contribution in [0.3, 0.4) is 0 Å². The van der Waals surface area contributed by atoms with Gasteiger partial charge in [-0.25, -0.2) is 0 Å². The van der Waals surface area contributed by atoms with Gasteiger partial charge in [-0.2, -0.15) is 5.26 Å². The molecule has 10 heavy (non-hydrogen) atoms. The zero-order valence-corrected chi connectivity index (χ0v) is 5.97. The predicted octanol–water partition coefficient (Wildman–Crippen LogP) is 1.22. The van der Waals surface area contributed by atoms with Crippen molar-refractivity contribution in [2.45, 2.75) is 6.04 Å². The lowest BCUT2D eigenvalue weighted by atomic mass is 10.3. The molecule has 0 saturated carbocycles. The lowest BCUT2D eigenvalue weighted by Crippen LogP contribution is -2.05. The summed E-state index contributed by atoms with van der Waals surface area (Å²) in [4.78, 5) is 0. The van der Waals surface area contributed by atoms with Crippen LogP contribution in [-0.4, -0.2) is 0 Å². The molecule has 1 atom stereocenters. The first-order chi connectivity index (χ1) is 4.34. The largest absolute Gasteiger partial charge is 0.467 e. The molecule has 0 aromatic carbocycles. The van der Waals surface area contributed by atoms with Gasteiger partial charge in [0.25, 0.3) is 0 Å². The molecule has 0 saturated heterocycles. The maximum Gasteiger partial charge on any atom is 0.151 e. The van der Waals surface area contributed by atoms with Crippen molar-refractivity contribution in [2.24, 2.45) is 5.73 Å². The summed E-state index contributed by atoms with van der Waals surface area (Å²) in [6, 6.07) is 4.60. The molecule has 0 aliphatic rings. The Bertz CT molecular complexity index is 214. The molecule has 2 N–H and O–H groups in total. The average molecular weight is 159 g/mol. The summed E-state index contributed by atoms with van der Waals surface area (Å²) in [6.07, 6.45) is 1.49. The van der Waals surface area contributed by atoms with Crippen LogP contribution in [0, 0.1) is 11.3 Å². The normalized spacial score (nSPS) is 11.2. The summed E-state index contributed by atoms with van der Waals surface area (Å²) in [5.41, 5.74) is 5.28. The first kappa shape index (κ1) is 9.02. The first-order valence-electron chi connectivity index (χ1n) is 2.53. The molecule has 1 aromatic rings. The van der Waals surface area contributed by atoms with Crippen LogP contribution in [0.4, 0.5) is 0 Å². The fraction of sp³-hybridized carbons (Fsp3) is 0.167. The number of nitrogens with two attached hydrogens (primary N) is 1. The van der Waals surface area contributed by atoms with Crippen LogP contribution >= 0.6 is 12.4 Å². The number of nitriles is 1. The van der Waals surface area contributed by atoms with Crippen molar-refractivity contribution in [1.29, 1.82) is 5.26 Å². The summed E-state index contributed by atoms with van der Waals surface area (Å²) >= 11 is 0. The molecule has 1 rings (SSSR count). The Morgan fingerprint density at radius 2 is 2.40 bits per heavy atom. The van der Waals surface area contributed by atoms with Crippen molar-refractivity contribution >= 4 is 12.4 Å². The van der Waals surface area contributed by atoms with E-state index in [0.29, 0.717) is 5.76 Å². The Morgan fingerprint density at radius 1 is 1.70 bits per heavy atom. The van der Waals surface area contributed by atoms with E-state index in [9.17, 15) is 0 Å². The molecule has 0 spiro atoms. The summed E-state index contributed by atoms with van der Waals surface area (Å²) in [7, 11) is 0. The Balaban J connectivity index is 0.000000810. The van der Waals surface area contributed by atoms with Crippen molar-refractivity contribution in [3.05, 3.63) is 24.2 Å². The molecule has 1 unspecified atom stereocenters. The molecule has 0 amide bonds. The number of rotatable bonds is 1. The van der Waals surface area contributed by atoms with Gasteiger partial charge in [-0.05, 0) is 12.1 Å². The van der Waals surface area contributed by atoms with Crippen LogP contribution in [0.2, 0.25) is 0 Å². The van der Waals surface area contributed by atoms with Crippen LogP contribution in [-0.2, 0) is 0 Å². The second kappa shape index (κ2) is 3.94. The average Bonchev–Trinajstić information content (AvgIpc) is 2.37. The van der Waals surface area contributed by atoms with Crippen molar-refractivity contribution in [2.75, 3.05) is 0 Å². The molecule has 0 radical (unpaired) electrons. The van der Waals surface area contributed by atoms with Crippen molar-refractivity contribution in [3.8, 4) is 6.07 Å². The van der Waals surface area contributed by atoms with Crippen molar-refractivity contribution in [1.82, 2.24) is 0 Å². The first-order valence-corrected chi connectivity index (χ1v) is 2.53. The van der Waals surface area contributed by atoms with Gasteiger partial charge in [0.1, 0.15) is 5.76 Å². The number of furan rings is 1. The molecule has 1 heterocycles. The highest BCUT2D eigenvalue weighted by molar-refractivity contribution is 5.85. The molecule has 54 valence electrons. The Labute approximate surface area is 64.8 Å². The second-order valence-electron chi connectivity index (χ2n) is 1.62. The van der Waals surface area contributed by atoms with E-state index >= 15 is 0 Å². The van der Waals surface area contributed by atoms with Crippen LogP contribution in [0.15, 0.2) is 22.8 Å². The van der Waals surface area contributed by atoms with Gasteiger partial charge in [-0.15, -0.1) is 12.4 Å². The van der Waals surface area contributed by atoms with Crippen LogP contribution in [0.1, 0.15) is 11.8 Å². The zero-order chi connectivity index (χ0) is 6.69. The summed E-state index contributed by atoms with van der Waals surface area (Å²) in [5.74, 6) is 0.512.